The molecule has 16 heteroatoms. The summed E-state index contributed by atoms with van der Waals surface area (Å²) in [6, 6.07) is 8.10. The fourth-order valence-corrected chi connectivity index (χ4v) is 4.60. The summed E-state index contributed by atoms with van der Waals surface area (Å²) in [6.07, 6.45) is -4.68. The Kier molecular flexibility index (Phi) is 6.60. The van der Waals surface area contributed by atoms with Crippen LogP contribution in [0, 0.1) is 0 Å². The summed E-state index contributed by atoms with van der Waals surface area (Å²) in [5, 5.41) is 21.2. The summed E-state index contributed by atoms with van der Waals surface area (Å²) in [5.74, 6) is 0.234. The molecule has 0 unspecified atom stereocenters. The predicted octanol–water partition coefficient (Wildman–Crippen LogP) is 6.74. The molecule has 9 nitrogen and oxygen atoms in total. The number of hydrogen-bond donors (Lipinski definition) is 0. The average molecular weight is 603 g/mol. The molecule has 0 fully saturated rings. The van der Waals surface area contributed by atoms with Gasteiger partial charge >= 0.3 is 12.4 Å². The van der Waals surface area contributed by atoms with Crippen molar-refractivity contribution in [1.82, 2.24) is 40.3 Å². The highest BCUT2D eigenvalue weighted by molar-refractivity contribution is 6.33. The summed E-state index contributed by atoms with van der Waals surface area (Å²) in [5.41, 5.74) is -1.83. The molecule has 0 spiro atoms. The zero-order valence-electron chi connectivity index (χ0n) is 20.7. The number of alkyl halides is 6. The second-order valence-corrected chi connectivity index (χ2v) is 9.34. The highest BCUT2D eigenvalue weighted by Gasteiger charge is 2.37. The molecule has 0 N–H and O–H groups in total. The summed E-state index contributed by atoms with van der Waals surface area (Å²) in [7, 11) is 0. The Morgan fingerprint density at radius 1 is 0.833 bits per heavy atom. The largest absolute Gasteiger partial charge is 0.416 e. The van der Waals surface area contributed by atoms with E-state index in [2.05, 4.69) is 35.6 Å². The van der Waals surface area contributed by atoms with Crippen LogP contribution in [0.1, 0.15) is 16.7 Å². The maximum atomic E-state index is 13.5. The number of fused-ring (bicyclic) bond motifs is 1. The van der Waals surface area contributed by atoms with Gasteiger partial charge in [0.2, 0.25) is 0 Å². The molecule has 4 heterocycles. The quantitative estimate of drug-likeness (QED) is 0.200. The van der Waals surface area contributed by atoms with Gasteiger partial charge in [-0.15, -0.1) is 10.2 Å². The van der Waals surface area contributed by atoms with Gasteiger partial charge in [0.05, 0.1) is 34.3 Å². The molecule has 6 rings (SSSR count). The van der Waals surface area contributed by atoms with Gasteiger partial charge in [-0.25, -0.2) is 14.6 Å². The standard InChI is InChI=1S/C26H13ClF6N8O/c27-18-4-2-1-3-17(18)24-20-19(39-42-24)10-36-37-21(20)22-23(14-8-34-12-35-9-14)41(40-38-22)11-13-5-15(25(28,29)30)7-16(6-13)26(31,32)33/h1-10,12H,11H2. The van der Waals surface area contributed by atoms with Gasteiger partial charge in [-0.05, 0) is 35.9 Å². The van der Waals surface area contributed by atoms with E-state index in [1.165, 1.54) is 24.9 Å². The van der Waals surface area contributed by atoms with Crippen molar-refractivity contribution in [2.75, 3.05) is 0 Å². The van der Waals surface area contributed by atoms with Gasteiger partial charge in [-0.1, -0.05) is 34.1 Å². The Labute approximate surface area is 235 Å². The maximum Gasteiger partial charge on any atom is 0.416 e. The fourth-order valence-electron chi connectivity index (χ4n) is 4.38. The second-order valence-electron chi connectivity index (χ2n) is 8.93. The van der Waals surface area contributed by atoms with Crippen molar-refractivity contribution >= 4 is 22.5 Å². The Morgan fingerprint density at radius 2 is 1.52 bits per heavy atom. The van der Waals surface area contributed by atoms with E-state index in [0.29, 0.717) is 33.7 Å². The van der Waals surface area contributed by atoms with Crippen LogP contribution in [-0.4, -0.2) is 40.3 Å². The zero-order chi connectivity index (χ0) is 29.6. The van der Waals surface area contributed by atoms with Crippen molar-refractivity contribution in [2.45, 2.75) is 18.9 Å². The average Bonchev–Trinajstić information content (AvgIpc) is 3.57. The molecule has 42 heavy (non-hydrogen) atoms. The lowest BCUT2D eigenvalue weighted by molar-refractivity contribution is -0.143. The number of benzene rings is 2. The molecule has 0 saturated heterocycles. The van der Waals surface area contributed by atoms with Crippen LogP contribution in [0.3, 0.4) is 0 Å². The number of rotatable bonds is 5. The van der Waals surface area contributed by atoms with Gasteiger partial charge in [0, 0.05) is 23.5 Å². The molecule has 0 amide bonds. The minimum atomic E-state index is -5.02. The van der Waals surface area contributed by atoms with Gasteiger partial charge < -0.3 is 4.52 Å². The van der Waals surface area contributed by atoms with E-state index in [1.54, 1.807) is 24.3 Å². The topological polar surface area (TPSA) is 108 Å². The van der Waals surface area contributed by atoms with Crippen molar-refractivity contribution in [3.8, 4) is 34.0 Å². The van der Waals surface area contributed by atoms with Crippen LogP contribution in [0.25, 0.3) is 44.9 Å². The van der Waals surface area contributed by atoms with E-state index in [4.69, 9.17) is 16.1 Å². The Balaban J connectivity index is 1.55. The first-order chi connectivity index (χ1) is 20.0. The van der Waals surface area contributed by atoms with Gasteiger partial charge in [-0.3, -0.25) is 0 Å². The van der Waals surface area contributed by atoms with E-state index in [9.17, 15) is 26.3 Å². The first kappa shape index (κ1) is 27.3. The summed E-state index contributed by atoms with van der Waals surface area (Å²) >= 11 is 6.39. The Hall–Kier alpha value is -4.92. The van der Waals surface area contributed by atoms with Crippen LogP contribution < -0.4 is 0 Å². The molecule has 0 aliphatic heterocycles. The third-order valence-electron chi connectivity index (χ3n) is 6.18. The highest BCUT2D eigenvalue weighted by atomic mass is 35.5. The fraction of sp³-hybridized carbons (Fsp3) is 0.115. The van der Waals surface area contributed by atoms with E-state index < -0.39 is 30.0 Å². The Bertz CT molecular complexity index is 1890. The van der Waals surface area contributed by atoms with Crippen molar-refractivity contribution in [3.05, 3.63) is 89.1 Å². The van der Waals surface area contributed by atoms with E-state index >= 15 is 0 Å². The normalized spacial score (nSPS) is 12.3. The monoisotopic (exact) mass is 602 g/mol. The van der Waals surface area contributed by atoms with Gasteiger partial charge in [0.1, 0.15) is 28.9 Å². The van der Waals surface area contributed by atoms with Crippen molar-refractivity contribution in [3.63, 3.8) is 0 Å². The number of halogens is 7. The SMILES string of the molecule is FC(F)(F)c1cc(Cn2nnc(-c3nncc4noc(-c5ccccc5Cl)c34)c2-c2cncnc2)cc(C(F)(F)F)c1. The highest BCUT2D eigenvalue weighted by Crippen LogP contribution is 2.40. The molecular weight excluding hydrogens is 590 g/mol. The first-order valence-electron chi connectivity index (χ1n) is 11.8. The number of hydrogen-bond acceptors (Lipinski definition) is 8. The maximum absolute atomic E-state index is 13.5. The predicted molar refractivity (Wildman–Crippen MR) is 136 cm³/mol. The van der Waals surface area contributed by atoms with E-state index in [1.807, 2.05) is 0 Å². The third kappa shape index (κ3) is 5.02. The molecule has 0 saturated carbocycles. The molecule has 4 aromatic heterocycles. The molecule has 6 aromatic rings. The van der Waals surface area contributed by atoms with Crippen molar-refractivity contribution in [1.29, 1.82) is 0 Å². The minimum absolute atomic E-state index is 0.0562. The smallest absolute Gasteiger partial charge is 0.355 e. The molecule has 0 aliphatic carbocycles. The number of aromatic nitrogens is 8. The molecule has 0 aliphatic rings. The zero-order valence-corrected chi connectivity index (χ0v) is 21.4. The van der Waals surface area contributed by atoms with Crippen LogP contribution in [0.15, 0.2) is 71.9 Å². The third-order valence-corrected chi connectivity index (χ3v) is 6.51. The molecule has 0 bridgehead atoms. The molecule has 212 valence electrons. The minimum Gasteiger partial charge on any atom is -0.355 e. The van der Waals surface area contributed by atoms with Crippen LogP contribution in [0.2, 0.25) is 5.02 Å². The Morgan fingerprint density at radius 3 is 2.19 bits per heavy atom. The summed E-state index contributed by atoms with van der Waals surface area (Å²) in [4.78, 5) is 7.97. The van der Waals surface area contributed by atoms with Crippen molar-refractivity contribution in [2.24, 2.45) is 0 Å². The second kappa shape index (κ2) is 10.2. The van der Waals surface area contributed by atoms with Crippen LogP contribution in [0.5, 0.6) is 0 Å². The van der Waals surface area contributed by atoms with Crippen molar-refractivity contribution < 1.29 is 30.9 Å². The first-order valence-corrected chi connectivity index (χ1v) is 12.2. The molecular formula is C26H13ClF6N8O. The van der Waals surface area contributed by atoms with Crippen LogP contribution >= 0.6 is 11.6 Å². The van der Waals surface area contributed by atoms with E-state index in [-0.39, 0.29) is 40.0 Å². The van der Waals surface area contributed by atoms with Crippen LogP contribution in [0.4, 0.5) is 26.3 Å². The lowest BCUT2D eigenvalue weighted by atomic mass is 10.0. The van der Waals surface area contributed by atoms with Gasteiger partial charge in [-0.2, -0.15) is 31.4 Å². The van der Waals surface area contributed by atoms with Gasteiger partial charge in [0.15, 0.2) is 5.76 Å². The van der Waals surface area contributed by atoms with Gasteiger partial charge in [0.25, 0.3) is 0 Å². The summed E-state index contributed by atoms with van der Waals surface area (Å²) < 4.78 is 87.8. The molecule has 0 radical (unpaired) electrons. The van der Waals surface area contributed by atoms with Crippen LogP contribution in [-0.2, 0) is 18.9 Å². The number of nitrogens with zero attached hydrogens (tertiary/aromatic N) is 8. The molecule has 2 aromatic carbocycles. The summed E-state index contributed by atoms with van der Waals surface area (Å²) in [6.45, 7) is -0.519. The lowest BCUT2D eigenvalue weighted by Crippen LogP contribution is -2.13. The lowest BCUT2D eigenvalue weighted by Gasteiger charge is -2.15. The van der Waals surface area contributed by atoms with E-state index in [0.717, 1.165) is 4.68 Å². The molecule has 0 atom stereocenters.